The first-order chi connectivity index (χ1) is 9.20. The van der Waals surface area contributed by atoms with Crippen molar-refractivity contribution in [3.8, 4) is 0 Å². The van der Waals surface area contributed by atoms with E-state index >= 15 is 0 Å². The normalized spacial score (nSPS) is 21.7. The Morgan fingerprint density at radius 2 is 1.95 bits per heavy atom. The zero-order valence-corrected chi connectivity index (χ0v) is 10.8. The number of rotatable bonds is 4. The van der Waals surface area contributed by atoms with Gasteiger partial charge in [0.1, 0.15) is 5.69 Å². The van der Waals surface area contributed by atoms with Crippen LogP contribution in [0, 0.1) is 0 Å². The molecule has 0 unspecified atom stereocenters. The summed E-state index contributed by atoms with van der Waals surface area (Å²) in [6.45, 7) is 2.15. The monoisotopic (exact) mass is 265 g/mol. The molecule has 3 N–H and O–H groups in total. The minimum absolute atomic E-state index is 0.114. The Balaban J connectivity index is 1.75. The molecule has 0 amide bonds. The van der Waals surface area contributed by atoms with Gasteiger partial charge in [-0.05, 0) is 25.7 Å². The third kappa shape index (κ3) is 2.35. The molecule has 7 heteroatoms. The van der Waals surface area contributed by atoms with Crippen LogP contribution in [0.1, 0.15) is 47.9 Å². The first-order valence-corrected chi connectivity index (χ1v) is 6.82. The average molecular weight is 265 g/mol. The molecule has 1 saturated heterocycles. The van der Waals surface area contributed by atoms with Crippen molar-refractivity contribution in [1.29, 1.82) is 0 Å². The van der Waals surface area contributed by atoms with Gasteiger partial charge in [0.25, 0.3) is 0 Å². The van der Waals surface area contributed by atoms with Crippen LogP contribution in [0.3, 0.4) is 0 Å². The lowest BCUT2D eigenvalue weighted by molar-refractivity contribution is 0.0672. The molecule has 1 aromatic rings. The number of aromatic carboxylic acids is 1. The van der Waals surface area contributed by atoms with E-state index in [0.717, 1.165) is 32.0 Å². The van der Waals surface area contributed by atoms with Gasteiger partial charge in [-0.25, -0.2) is 9.48 Å². The smallest absolute Gasteiger partial charge is 0.356 e. The molecule has 0 radical (unpaired) electrons. The van der Waals surface area contributed by atoms with Crippen LogP contribution in [0.4, 0.5) is 0 Å². The van der Waals surface area contributed by atoms with Crippen molar-refractivity contribution in [2.75, 3.05) is 13.1 Å². The minimum atomic E-state index is -0.991. The third-order valence-corrected chi connectivity index (χ3v) is 4.07. The highest BCUT2D eigenvalue weighted by Gasteiger charge is 2.34. The van der Waals surface area contributed by atoms with E-state index < -0.39 is 5.97 Å². The second-order valence-corrected chi connectivity index (χ2v) is 5.34. The van der Waals surface area contributed by atoms with E-state index in [4.69, 9.17) is 5.73 Å². The number of hydrogen-bond donors (Lipinski definition) is 2. The largest absolute Gasteiger partial charge is 0.476 e. The van der Waals surface area contributed by atoms with Gasteiger partial charge < -0.3 is 15.7 Å². The van der Waals surface area contributed by atoms with Crippen molar-refractivity contribution < 1.29 is 9.90 Å². The van der Waals surface area contributed by atoms with E-state index in [-0.39, 0.29) is 18.3 Å². The van der Waals surface area contributed by atoms with Gasteiger partial charge in [-0.15, -0.1) is 5.10 Å². The molecule has 0 atom stereocenters. The van der Waals surface area contributed by atoms with Gasteiger partial charge in [0, 0.05) is 25.7 Å². The zero-order valence-electron chi connectivity index (χ0n) is 10.8. The van der Waals surface area contributed by atoms with Crippen LogP contribution in [0.15, 0.2) is 0 Å². The molecule has 1 aromatic heterocycles. The fraction of sp³-hybridized carbons (Fsp3) is 0.750. The number of hydrogen-bond acceptors (Lipinski definition) is 5. The first kappa shape index (κ1) is 12.6. The Morgan fingerprint density at radius 3 is 2.47 bits per heavy atom. The SMILES string of the molecule is NCc1nnn(C2CCN(C3CC3)CC2)c1C(=O)O. The van der Waals surface area contributed by atoms with Crippen LogP contribution in [-0.4, -0.2) is 50.1 Å². The molecule has 0 aromatic carbocycles. The highest BCUT2D eigenvalue weighted by atomic mass is 16.4. The van der Waals surface area contributed by atoms with Gasteiger partial charge >= 0.3 is 5.97 Å². The molecule has 7 nitrogen and oxygen atoms in total. The van der Waals surface area contributed by atoms with E-state index in [0.29, 0.717) is 5.69 Å². The Bertz CT molecular complexity index is 474. The molecule has 104 valence electrons. The predicted molar refractivity (Wildman–Crippen MR) is 67.7 cm³/mol. The van der Waals surface area contributed by atoms with E-state index in [2.05, 4.69) is 15.2 Å². The topological polar surface area (TPSA) is 97.3 Å². The second-order valence-electron chi connectivity index (χ2n) is 5.34. The van der Waals surface area contributed by atoms with Crippen molar-refractivity contribution in [2.24, 2.45) is 5.73 Å². The Morgan fingerprint density at radius 1 is 1.26 bits per heavy atom. The Kier molecular flexibility index (Phi) is 3.24. The lowest BCUT2D eigenvalue weighted by Crippen LogP contribution is -2.37. The molecule has 2 aliphatic rings. The van der Waals surface area contributed by atoms with Crippen LogP contribution in [-0.2, 0) is 6.54 Å². The Hall–Kier alpha value is -1.47. The van der Waals surface area contributed by atoms with Crippen LogP contribution in [0.25, 0.3) is 0 Å². The molecular weight excluding hydrogens is 246 g/mol. The summed E-state index contributed by atoms with van der Waals surface area (Å²) in [5.74, 6) is -0.991. The number of likely N-dealkylation sites (tertiary alicyclic amines) is 1. The zero-order chi connectivity index (χ0) is 13.4. The summed E-state index contributed by atoms with van der Waals surface area (Å²) in [4.78, 5) is 13.8. The molecule has 3 rings (SSSR count). The minimum Gasteiger partial charge on any atom is -0.476 e. The second kappa shape index (κ2) is 4.90. The van der Waals surface area contributed by atoms with E-state index in [9.17, 15) is 9.90 Å². The average Bonchev–Trinajstić information content (AvgIpc) is 3.17. The number of nitrogens with zero attached hydrogens (tertiary/aromatic N) is 4. The lowest BCUT2D eigenvalue weighted by Gasteiger charge is -2.32. The van der Waals surface area contributed by atoms with Gasteiger partial charge in [-0.3, -0.25) is 0 Å². The molecular formula is C12H19N5O2. The van der Waals surface area contributed by atoms with Crippen molar-refractivity contribution in [2.45, 2.75) is 44.3 Å². The summed E-state index contributed by atoms with van der Waals surface area (Å²) in [7, 11) is 0. The van der Waals surface area contributed by atoms with Crippen LogP contribution in [0.2, 0.25) is 0 Å². The molecule has 1 aliphatic heterocycles. The summed E-state index contributed by atoms with van der Waals surface area (Å²) in [5.41, 5.74) is 6.05. The number of piperidine rings is 1. The van der Waals surface area contributed by atoms with Gasteiger partial charge in [0.2, 0.25) is 0 Å². The lowest BCUT2D eigenvalue weighted by atomic mass is 10.0. The fourth-order valence-corrected chi connectivity index (χ4v) is 2.88. The molecule has 2 fully saturated rings. The summed E-state index contributed by atoms with van der Waals surface area (Å²) < 4.78 is 1.56. The van der Waals surface area contributed by atoms with Crippen LogP contribution < -0.4 is 5.73 Å². The van der Waals surface area contributed by atoms with Gasteiger partial charge in [0.15, 0.2) is 5.69 Å². The maximum Gasteiger partial charge on any atom is 0.356 e. The molecule has 1 saturated carbocycles. The first-order valence-electron chi connectivity index (χ1n) is 6.82. The summed E-state index contributed by atoms with van der Waals surface area (Å²) in [5, 5.41) is 17.2. The summed E-state index contributed by atoms with van der Waals surface area (Å²) >= 11 is 0. The number of aromatic nitrogens is 3. The van der Waals surface area contributed by atoms with Crippen molar-refractivity contribution in [3.63, 3.8) is 0 Å². The van der Waals surface area contributed by atoms with Crippen LogP contribution >= 0.6 is 0 Å². The third-order valence-electron chi connectivity index (χ3n) is 4.07. The van der Waals surface area contributed by atoms with E-state index in [1.807, 2.05) is 0 Å². The van der Waals surface area contributed by atoms with Crippen molar-refractivity contribution in [3.05, 3.63) is 11.4 Å². The fourth-order valence-electron chi connectivity index (χ4n) is 2.88. The highest BCUT2D eigenvalue weighted by Crippen LogP contribution is 2.32. The van der Waals surface area contributed by atoms with E-state index in [1.54, 1.807) is 4.68 Å². The van der Waals surface area contributed by atoms with Crippen molar-refractivity contribution in [1.82, 2.24) is 19.9 Å². The number of carboxylic acid groups (broad SMARTS) is 1. The molecule has 0 spiro atoms. The number of carbonyl (C=O) groups is 1. The maximum absolute atomic E-state index is 11.3. The van der Waals surface area contributed by atoms with Gasteiger partial charge in [0.05, 0.1) is 6.04 Å². The quantitative estimate of drug-likeness (QED) is 0.809. The van der Waals surface area contributed by atoms with Crippen LogP contribution in [0.5, 0.6) is 0 Å². The molecule has 0 bridgehead atoms. The van der Waals surface area contributed by atoms with Crippen molar-refractivity contribution >= 4 is 5.97 Å². The standard InChI is InChI=1S/C12H19N5O2/c13-7-10-11(12(18)19)17(15-14-10)9-3-5-16(6-4-9)8-1-2-8/h8-9H,1-7,13H2,(H,18,19). The molecule has 2 heterocycles. The summed E-state index contributed by atoms with van der Waals surface area (Å²) in [6.07, 6.45) is 4.49. The molecule has 1 aliphatic carbocycles. The predicted octanol–water partition coefficient (Wildman–Crippen LogP) is 0.234. The Labute approximate surface area is 111 Å². The van der Waals surface area contributed by atoms with Gasteiger partial charge in [-0.1, -0.05) is 5.21 Å². The van der Waals surface area contributed by atoms with E-state index in [1.165, 1.54) is 12.8 Å². The van der Waals surface area contributed by atoms with Gasteiger partial charge in [-0.2, -0.15) is 0 Å². The highest BCUT2D eigenvalue weighted by molar-refractivity contribution is 5.86. The number of carboxylic acids is 1. The molecule has 19 heavy (non-hydrogen) atoms. The summed E-state index contributed by atoms with van der Waals surface area (Å²) in [6, 6.07) is 0.907. The maximum atomic E-state index is 11.3. The number of nitrogens with two attached hydrogens (primary N) is 1.